The Labute approximate surface area is 180 Å². The Morgan fingerprint density at radius 3 is 2.81 bits per heavy atom. The predicted octanol–water partition coefficient (Wildman–Crippen LogP) is -2.93. The van der Waals surface area contributed by atoms with E-state index in [1.54, 1.807) is 6.92 Å². The van der Waals surface area contributed by atoms with Gasteiger partial charge in [-0.2, -0.15) is 21.0 Å². The van der Waals surface area contributed by atoms with E-state index in [1.807, 2.05) is 0 Å². The van der Waals surface area contributed by atoms with E-state index in [1.165, 1.54) is 10.9 Å². The zero-order valence-electron chi connectivity index (χ0n) is 16.2. The number of anilines is 1. The highest BCUT2D eigenvalue weighted by molar-refractivity contribution is 6.28. The number of esters is 1. The monoisotopic (exact) mass is 459 g/mol. The Balaban J connectivity index is 1.49. The number of aromatic nitrogens is 4. The topological polar surface area (TPSA) is 203 Å². The fourth-order valence-corrected chi connectivity index (χ4v) is 3.50. The number of carbonyl (C=O) groups excluding carboxylic acids is 1. The maximum atomic E-state index is 12.3. The number of nitrogens with two attached hydrogens (primary N) is 1. The van der Waals surface area contributed by atoms with Crippen LogP contribution < -0.4 is 27.7 Å². The normalized spacial score (nSPS) is 27.7. The molecule has 1 unspecified atom stereocenters. The molecule has 16 heteroatoms. The summed E-state index contributed by atoms with van der Waals surface area (Å²) in [5.74, 6) is -0.553. The number of halogens is 1. The van der Waals surface area contributed by atoms with E-state index in [0.29, 0.717) is 0 Å². The number of nitrogens with one attached hydrogen (secondary N) is 4. The smallest absolute Gasteiger partial charge is 0.338 e. The number of hydrogen-bond acceptors (Lipinski definition) is 14. The van der Waals surface area contributed by atoms with Crippen molar-refractivity contribution in [3.63, 3.8) is 0 Å². The van der Waals surface area contributed by atoms with E-state index >= 15 is 0 Å². The highest BCUT2D eigenvalue weighted by Gasteiger charge is 2.45. The number of nitrogens with zero attached hydrogens (tertiary/aromatic N) is 4. The molecule has 2 fully saturated rings. The van der Waals surface area contributed by atoms with Crippen molar-refractivity contribution in [3.8, 4) is 0 Å². The molecule has 4 heterocycles. The Bertz CT molecular complexity index is 941. The number of fused-ring (bicyclic) bond motifs is 1. The molecule has 0 amide bonds. The quantitative estimate of drug-likeness (QED) is 0.164. The van der Waals surface area contributed by atoms with Crippen LogP contribution in [0.3, 0.4) is 0 Å². The van der Waals surface area contributed by atoms with Crippen molar-refractivity contribution < 1.29 is 29.2 Å². The van der Waals surface area contributed by atoms with Gasteiger partial charge in [-0.15, -0.1) is 0 Å². The van der Waals surface area contributed by atoms with E-state index in [9.17, 15) is 15.0 Å². The second-order valence-electron chi connectivity index (χ2n) is 6.77. The van der Waals surface area contributed by atoms with Gasteiger partial charge in [0, 0.05) is 0 Å². The minimum Gasteiger partial charge on any atom is -0.464 e. The average Bonchev–Trinajstić information content (AvgIpc) is 3.45. The third-order valence-corrected chi connectivity index (χ3v) is 4.98. The van der Waals surface area contributed by atoms with Crippen LogP contribution in [0.1, 0.15) is 13.2 Å². The molecular weight excluding hydrogens is 438 g/mol. The number of aliphatic hydroxyl groups is 2. The lowest BCUT2D eigenvalue weighted by Crippen LogP contribution is -2.51. The summed E-state index contributed by atoms with van der Waals surface area (Å²) in [6.07, 6.45) is -5.06. The SMILES string of the molecule is CCOC(=O)C(OC[C@H]1O[C@@H](n2cnc3c(N)nc(Cl)nc32)[C@H](O)[C@@H]1O)C1NNNN1. The summed E-state index contributed by atoms with van der Waals surface area (Å²) in [6.45, 7) is 1.61. The highest BCUT2D eigenvalue weighted by Crippen LogP contribution is 2.32. The predicted molar refractivity (Wildman–Crippen MR) is 103 cm³/mol. The largest absolute Gasteiger partial charge is 0.464 e. The first-order valence-electron chi connectivity index (χ1n) is 9.37. The Kier molecular flexibility index (Phi) is 6.47. The molecule has 0 aliphatic carbocycles. The lowest BCUT2D eigenvalue weighted by molar-refractivity contribution is -0.163. The molecule has 2 aromatic rings. The van der Waals surface area contributed by atoms with Crippen LogP contribution in [-0.2, 0) is 19.0 Å². The second kappa shape index (κ2) is 9.11. The van der Waals surface area contributed by atoms with Crippen LogP contribution in [0.4, 0.5) is 5.82 Å². The standard InChI is InChI=1S/C15H22ClN9O6/c1-2-29-14(28)9(11-21-23-24-22-11)30-3-5-7(26)8(27)13(31-5)25-4-18-6-10(17)19-15(16)20-12(6)25/h4-5,7-9,11,13,21-24,26-27H,2-3H2,1H3,(H2,17,19,20)/t5-,7-,8-,9?,13-/m1/s1. The van der Waals surface area contributed by atoms with Crippen LogP contribution in [-0.4, -0.2) is 79.5 Å². The summed E-state index contributed by atoms with van der Waals surface area (Å²) in [7, 11) is 0. The molecule has 15 nitrogen and oxygen atoms in total. The van der Waals surface area contributed by atoms with E-state index < -0.39 is 42.8 Å². The molecule has 4 rings (SSSR count). The molecule has 0 spiro atoms. The van der Waals surface area contributed by atoms with Gasteiger partial charge in [-0.1, -0.05) is 0 Å². The van der Waals surface area contributed by atoms with Crippen molar-refractivity contribution in [2.75, 3.05) is 18.9 Å². The van der Waals surface area contributed by atoms with Crippen LogP contribution >= 0.6 is 11.6 Å². The number of carbonyl (C=O) groups is 1. The number of ether oxygens (including phenoxy) is 3. The van der Waals surface area contributed by atoms with Crippen LogP contribution in [0.25, 0.3) is 11.2 Å². The van der Waals surface area contributed by atoms with Crippen molar-refractivity contribution in [3.05, 3.63) is 11.6 Å². The summed E-state index contributed by atoms with van der Waals surface area (Å²) in [5.41, 5.74) is 17.0. The van der Waals surface area contributed by atoms with Gasteiger partial charge in [0.2, 0.25) is 5.28 Å². The molecule has 5 atom stereocenters. The fourth-order valence-electron chi connectivity index (χ4n) is 3.33. The van der Waals surface area contributed by atoms with Gasteiger partial charge in [-0.25, -0.2) is 20.6 Å². The molecule has 0 aromatic carbocycles. The third kappa shape index (κ3) is 4.27. The van der Waals surface area contributed by atoms with Gasteiger partial charge in [0.15, 0.2) is 23.8 Å². The number of aliphatic hydroxyl groups excluding tert-OH is 2. The molecule has 170 valence electrons. The third-order valence-electron chi connectivity index (χ3n) is 4.81. The molecule has 0 bridgehead atoms. The van der Waals surface area contributed by atoms with Crippen molar-refractivity contribution in [2.24, 2.45) is 0 Å². The van der Waals surface area contributed by atoms with Crippen LogP contribution in [0.5, 0.6) is 0 Å². The van der Waals surface area contributed by atoms with Crippen molar-refractivity contribution in [1.82, 2.24) is 41.4 Å². The summed E-state index contributed by atoms with van der Waals surface area (Å²) < 4.78 is 17.9. The zero-order chi connectivity index (χ0) is 22.1. The molecule has 0 saturated carbocycles. The lowest BCUT2D eigenvalue weighted by atomic mass is 10.1. The van der Waals surface area contributed by atoms with Gasteiger partial charge in [0.25, 0.3) is 0 Å². The molecule has 2 aromatic heterocycles. The van der Waals surface area contributed by atoms with Gasteiger partial charge >= 0.3 is 5.97 Å². The van der Waals surface area contributed by atoms with E-state index in [0.717, 1.165) is 0 Å². The fraction of sp³-hybridized carbons (Fsp3) is 0.600. The van der Waals surface area contributed by atoms with Crippen molar-refractivity contribution >= 4 is 34.6 Å². The molecule has 2 aliphatic rings. The molecule has 31 heavy (non-hydrogen) atoms. The van der Waals surface area contributed by atoms with E-state index in [-0.39, 0.29) is 35.5 Å². The summed E-state index contributed by atoms with van der Waals surface area (Å²) in [6, 6.07) is 0. The first-order chi connectivity index (χ1) is 14.9. The van der Waals surface area contributed by atoms with Gasteiger partial charge in [-0.05, 0) is 18.5 Å². The van der Waals surface area contributed by atoms with E-state index in [2.05, 4.69) is 36.9 Å². The van der Waals surface area contributed by atoms with Gasteiger partial charge in [0.05, 0.1) is 19.5 Å². The summed E-state index contributed by atoms with van der Waals surface area (Å²) in [4.78, 5) is 24.3. The maximum Gasteiger partial charge on any atom is 0.338 e. The molecule has 2 saturated heterocycles. The molecular formula is C15H22ClN9O6. The summed E-state index contributed by atoms with van der Waals surface area (Å²) in [5, 5.41) is 20.9. The average molecular weight is 460 g/mol. The van der Waals surface area contributed by atoms with E-state index in [4.69, 9.17) is 31.5 Å². The first-order valence-corrected chi connectivity index (χ1v) is 9.75. The molecule has 8 N–H and O–H groups in total. The molecule has 0 radical (unpaired) electrons. The number of nitrogen functional groups attached to an aromatic ring is 1. The highest BCUT2D eigenvalue weighted by atomic mass is 35.5. The Morgan fingerprint density at radius 1 is 1.35 bits per heavy atom. The first kappa shape index (κ1) is 22.0. The second-order valence-corrected chi connectivity index (χ2v) is 7.11. The van der Waals surface area contributed by atoms with Crippen molar-refractivity contribution in [1.29, 1.82) is 0 Å². The lowest BCUT2D eigenvalue weighted by Gasteiger charge is -2.23. The maximum absolute atomic E-state index is 12.3. The minimum absolute atomic E-state index is 0.0673. The summed E-state index contributed by atoms with van der Waals surface area (Å²) >= 11 is 5.87. The Hall–Kier alpha value is -2.21. The van der Waals surface area contributed by atoms with Crippen molar-refractivity contribution in [2.45, 2.75) is 43.7 Å². The number of hydrazine groups is 3. The zero-order valence-corrected chi connectivity index (χ0v) is 17.0. The number of imidazole rings is 1. The van der Waals surface area contributed by atoms with Crippen LogP contribution in [0.15, 0.2) is 6.33 Å². The van der Waals surface area contributed by atoms with Crippen LogP contribution in [0.2, 0.25) is 5.28 Å². The van der Waals surface area contributed by atoms with Gasteiger partial charge in [0.1, 0.15) is 30.0 Å². The number of rotatable bonds is 7. The van der Waals surface area contributed by atoms with Crippen LogP contribution in [0, 0.1) is 0 Å². The van der Waals surface area contributed by atoms with Gasteiger partial charge < -0.3 is 30.2 Å². The minimum atomic E-state index is -1.34. The number of hydrogen-bond donors (Lipinski definition) is 7. The Morgan fingerprint density at radius 2 is 2.10 bits per heavy atom. The van der Waals surface area contributed by atoms with Gasteiger partial charge in [-0.3, -0.25) is 4.57 Å². The molecule has 2 aliphatic heterocycles.